The first-order chi connectivity index (χ1) is 16.5. The van der Waals surface area contributed by atoms with E-state index in [0.29, 0.717) is 31.7 Å². The average molecular weight is 474 g/mol. The van der Waals surface area contributed by atoms with E-state index in [4.69, 9.17) is 23.7 Å². The number of esters is 4. The normalized spacial score (nSPS) is 31.7. The van der Waals surface area contributed by atoms with Gasteiger partial charge in [0.15, 0.2) is 6.61 Å². The van der Waals surface area contributed by atoms with Gasteiger partial charge in [-0.15, -0.1) is 0 Å². The standard InChI is InChI=1S/C24H27NO9/c26-17(13-32-22(27)14-4-2-1-3-5-14)33-20-15-12-16-19(24(29)34-21(16)20)18(15)23(28)31-11-8-25-6-9-30-10-7-25/h1-5,15-16,18-21H,6-13H2/p+1. The maximum atomic E-state index is 12.9. The number of ether oxygens (including phenoxy) is 5. The lowest BCUT2D eigenvalue weighted by atomic mass is 9.78. The zero-order valence-corrected chi connectivity index (χ0v) is 18.7. The molecule has 6 unspecified atom stereocenters. The average Bonchev–Trinajstić information content (AvgIpc) is 3.48. The monoisotopic (exact) mass is 474 g/mol. The van der Waals surface area contributed by atoms with E-state index in [-0.39, 0.29) is 18.4 Å². The summed E-state index contributed by atoms with van der Waals surface area (Å²) in [6, 6.07) is 8.31. The molecule has 2 saturated heterocycles. The minimum atomic E-state index is -0.752. The Hall–Kier alpha value is -2.98. The fraction of sp³-hybridized carbons (Fsp3) is 0.583. The van der Waals surface area contributed by atoms with E-state index >= 15 is 0 Å². The highest BCUT2D eigenvalue weighted by Gasteiger charge is 2.70. The molecule has 2 saturated carbocycles. The number of fused-ring (bicyclic) bond motifs is 1. The second-order valence-electron chi connectivity index (χ2n) is 9.19. The van der Waals surface area contributed by atoms with Gasteiger partial charge in [0.1, 0.15) is 38.4 Å². The van der Waals surface area contributed by atoms with Crippen LogP contribution in [0.5, 0.6) is 0 Å². The third-order valence-electron chi connectivity index (χ3n) is 7.32. The molecule has 2 heterocycles. The molecule has 0 amide bonds. The van der Waals surface area contributed by atoms with E-state index in [0.717, 1.165) is 13.1 Å². The van der Waals surface area contributed by atoms with Crippen LogP contribution in [0.2, 0.25) is 0 Å². The molecule has 1 N–H and O–H groups in total. The zero-order valence-electron chi connectivity index (χ0n) is 18.7. The van der Waals surface area contributed by atoms with Gasteiger partial charge in [-0.1, -0.05) is 18.2 Å². The summed E-state index contributed by atoms with van der Waals surface area (Å²) in [6.45, 7) is 3.50. The summed E-state index contributed by atoms with van der Waals surface area (Å²) in [5.74, 6) is -4.05. The van der Waals surface area contributed by atoms with Gasteiger partial charge in [-0.25, -0.2) is 9.59 Å². The van der Waals surface area contributed by atoms with Crippen LogP contribution in [0.15, 0.2) is 30.3 Å². The van der Waals surface area contributed by atoms with Crippen LogP contribution in [0.25, 0.3) is 0 Å². The van der Waals surface area contributed by atoms with E-state index in [2.05, 4.69) is 0 Å². The fourth-order valence-electron chi connectivity index (χ4n) is 5.74. The van der Waals surface area contributed by atoms with Gasteiger partial charge in [-0.3, -0.25) is 9.59 Å². The summed E-state index contributed by atoms with van der Waals surface area (Å²) < 4.78 is 27.0. The summed E-state index contributed by atoms with van der Waals surface area (Å²) in [5.41, 5.74) is 0.324. The topological polar surface area (TPSA) is 119 Å². The van der Waals surface area contributed by atoms with Crippen LogP contribution in [0.3, 0.4) is 0 Å². The van der Waals surface area contributed by atoms with Crippen molar-refractivity contribution in [2.45, 2.75) is 18.6 Å². The highest BCUT2D eigenvalue weighted by molar-refractivity contribution is 5.90. The highest BCUT2D eigenvalue weighted by Crippen LogP contribution is 2.58. The van der Waals surface area contributed by atoms with Crippen LogP contribution < -0.4 is 4.90 Å². The first-order valence-electron chi connectivity index (χ1n) is 11.7. The number of carbonyl (C=O) groups excluding carboxylic acids is 4. The maximum absolute atomic E-state index is 12.9. The van der Waals surface area contributed by atoms with Crippen molar-refractivity contribution in [3.05, 3.63) is 35.9 Å². The van der Waals surface area contributed by atoms with E-state index in [1.54, 1.807) is 30.3 Å². The minimum absolute atomic E-state index is 0.176. The second kappa shape index (κ2) is 9.71. The number of hydrogen-bond acceptors (Lipinski definition) is 9. The van der Waals surface area contributed by atoms with Gasteiger partial charge in [-0.2, -0.15) is 0 Å². The summed E-state index contributed by atoms with van der Waals surface area (Å²) in [6.07, 6.45) is -0.770. The van der Waals surface area contributed by atoms with Crippen molar-refractivity contribution in [2.24, 2.45) is 23.7 Å². The minimum Gasteiger partial charge on any atom is -0.459 e. The SMILES string of the molecule is O=C(COC(=O)c1ccccc1)OC1C2CC3C1OC(=O)C3C2C(=O)OCC[NH+]1CCOCC1. The Balaban J connectivity index is 1.16. The van der Waals surface area contributed by atoms with Crippen LogP contribution in [0.4, 0.5) is 0 Å². The van der Waals surface area contributed by atoms with E-state index < -0.39 is 54.5 Å². The Labute approximate surface area is 196 Å². The van der Waals surface area contributed by atoms with Crippen molar-refractivity contribution < 1.29 is 47.8 Å². The number of nitrogens with one attached hydrogen (secondary N) is 1. The number of morpholine rings is 1. The van der Waals surface area contributed by atoms with Gasteiger partial charge in [0.25, 0.3) is 0 Å². The molecule has 4 aliphatic rings. The molecule has 6 atom stereocenters. The van der Waals surface area contributed by atoms with E-state index in [9.17, 15) is 19.2 Å². The number of quaternary nitrogens is 1. The van der Waals surface area contributed by atoms with E-state index in [1.807, 2.05) is 0 Å². The summed E-state index contributed by atoms with van der Waals surface area (Å²) in [7, 11) is 0. The van der Waals surface area contributed by atoms with Crippen LogP contribution in [-0.4, -0.2) is 82.1 Å². The molecule has 2 aliphatic carbocycles. The molecule has 10 nitrogen and oxygen atoms in total. The molecule has 0 radical (unpaired) electrons. The second-order valence-corrected chi connectivity index (χ2v) is 9.19. The summed E-state index contributed by atoms with van der Waals surface area (Å²) in [5, 5.41) is 0. The molecule has 2 aliphatic heterocycles. The maximum Gasteiger partial charge on any atom is 0.344 e. The first-order valence-corrected chi connectivity index (χ1v) is 11.7. The molecule has 0 spiro atoms. The van der Waals surface area contributed by atoms with Crippen LogP contribution in [-0.2, 0) is 38.1 Å². The number of benzene rings is 1. The number of hydrogen-bond donors (Lipinski definition) is 1. The van der Waals surface area contributed by atoms with Crippen molar-refractivity contribution in [1.82, 2.24) is 0 Å². The van der Waals surface area contributed by atoms with Crippen LogP contribution >= 0.6 is 0 Å². The number of rotatable bonds is 8. The molecule has 4 fully saturated rings. The summed E-state index contributed by atoms with van der Waals surface area (Å²) >= 11 is 0. The van der Waals surface area contributed by atoms with Gasteiger partial charge in [-0.05, 0) is 18.6 Å². The Kier molecular flexibility index (Phi) is 6.51. The zero-order chi connectivity index (χ0) is 23.7. The third kappa shape index (κ3) is 4.39. The Bertz CT molecular complexity index is 945. The lowest BCUT2D eigenvalue weighted by molar-refractivity contribution is -0.908. The predicted molar refractivity (Wildman–Crippen MR) is 112 cm³/mol. The molecular formula is C24H28NO9+. The van der Waals surface area contributed by atoms with Crippen molar-refractivity contribution >= 4 is 23.9 Å². The molecule has 1 aromatic rings. The van der Waals surface area contributed by atoms with Gasteiger partial charge < -0.3 is 28.6 Å². The molecular weight excluding hydrogens is 446 g/mol. The Morgan fingerprint density at radius 3 is 2.56 bits per heavy atom. The molecule has 0 aromatic heterocycles. The number of carbonyl (C=O) groups is 4. The smallest absolute Gasteiger partial charge is 0.344 e. The largest absolute Gasteiger partial charge is 0.459 e. The Morgan fingerprint density at radius 1 is 1.03 bits per heavy atom. The molecule has 5 rings (SSSR count). The van der Waals surface area contributed by atoms with Crippen LogP contribution in [0, 0.1) is 23.7 Å². The third-order valence-corrected chi connectivity index (χ3v) is 7.32. The first kappa shape index (κ1) is 22.8. The van der Waals surface area contributed by atoms with E-state index in [1.165, 1.54) is 4.90 Å². The van der Waals surface area contributed by atoms with Crippen LogP contribution in [0.1, 0.15) is 16.8 Å². The molecule has 182 valence electrons. The Morgan fingerprint density at radius 2 is 1.79 bits per heavy atom. The predicted octanol–water partition coefficient (Wildman–Crippen LogP) is -0.979. The van der Waals surface area contributed by atoms with Gasteiger partial charge in [0.05, 0.1) is 30.6 Å². The van der Waals surface area contributed by atoms with Crippen molar-refractivity contribution in [1.29, 1.82) is 0 Å². The van der Waals surface area contributed by atoms with Crippen molar-refractivity contribution in [2.75, 3.05) is 46.1 Å². The van der Waals surface area contributed by atoms with Gasteiger partial charge in [0.2, 0.25) is 0 Å². The lowest BCUT2D eigenvalue weighted by Crippen LogP contribution is -3.14. The van der Waals surface area contributed by atoms with Gasteiger partial charge in [0, 0.05) is 11.8 Å². The van der Waals surface area contributed by atoms with Crippen molar-refractivity contribution in [3.63, 3.8) is 0 Å². The molecule has 1 aromatic carbocycles. The summed E-state index contributed by atoms with van der Waals surface area (Å²) in [4.78, 5) is 51.2. The quantitative estimate of drug-likeness (QED) is 0.375. The van der Waals surface area contributed by atoms with Gasteiger partial charge >= 0.3 is 23.9 Å². The molecule has 2 bridgehead atoms. The fourth-order valence-corrected chi connectivity index (χ4v) is 5.74. The van der Waals surface area contributed by atoms with Crippen molar-refractivity contribution in [3.8, 4) is 0 Å². The lowest BCUT2D eigenvalue weighted by Gasteiger charge is -2.30. The highest BCUT2D eigenvalue weighted by atomic mass is 16.6. The molecule has 34 heavy (non-hydrogen) atoms. The molecule has 10 heteroatoms.